The molecule has 6 atom stereocenters. The van der Waals surface area contributed by atoms with Gasteiger partial charge in [0.15, 0.2) is 0 Å². The number of rotatable bonds is 0. The fourth-order valence-electron chi connectivity index (χ4n) is 7.74. The third-order valence-corrected chi connectivity index (χ3v) is 10.8. The molecule has 3 aliphatic carbocycles. The molecule has 9 heteroatoms. The molecule has 0 saturated heterocycles. The molecule has 0 amide bonds. The van der Waals surface area contributed by atoms with Crippen molar-refractivity contribution in [1.82, 2.24) is 0 Å². The van der Waals surface area contributed by atoms with Gasteiger partial charge in [0, 0.05) is 70.7 Å². The monoisotopic (exact) mass is 684 g/mol. The summed E-state index contributed by atoms with van der Waals surface area (Å²) in [6.45, 7) is 0. The molecule has 51 heavy (non-hydrogen) atoms. The molecule has 0 unspecified atom stereocenters. The number of aromatic hydroxyl groups is 3. The number of benzene rings is 3. The fraction of sp³-hybridized carbons (Fsp3) is 0.429. The highest BCUT2D eigenvalue weighted by atomic mass is 16.3. The number of para-hydroxylation sites is 3. The van der Waals surface area contributed by atoms with Crippen LogP contribution in [0.25, 0.3) is 0 Å². The van der Waals surface area contributed by atoms with Gasteiger partial charge in [-0.15, -0.1) is 0 Å². The Bertz CT molecular complexity index is 1530. The van der Waals surface area contributed by atoms with Crippen LogP contribution in [0.15, 0.2) is 84.6 Å². The van der Waals surface area contributed by atoms with Crippen molar-refractivity contribution >= 4 is 37.3 Å². The summed E-state index contributed by atoms with van der Waals surface area (Å²) in [7, 11) is 0. The summed E-state index contributed by atoms with van der Waals surface area (Å²) in [5.74, 6) is 0.460. The smallest absolute Gasteiger partial charge is 0.133 e. The van der Waals surface area contributed by atoms with Crippen molar-refractivity contribution in [1.29, 1.82) is 0 Å². The van der Waals surface area contributed by atoms with Crippen molar-refractivity contribution in [2.24, 2.45) is 30.0 Å². The Balaban J connectivity index is 1.25. The van der Waals surface area contributed by atoms with Crippen molar-refractivity contribution in [2.45, 2.75) is 113 Å². The first-order chi connectivity index (χ1) is 25.0. The van der Waals surface area contributed by atoms with Crippen molar-refractivity contribution in [3.8, 4) is 17.2 Å². The molecule has 4 aliphatic rings. The van der Waals surface area contributed by atoms with E-state index in [1.807, 2.05) is 54.6 Å². The molecule has 0 spiro atoms. The summed E-state index contributed by atoms with van der Waals surface area (Å²) in [5, 5.41) is 33.7. The zero-order valence-electron chi connectivity index (χ0n) is 29.1. The van der Waals surface area contributed by atoms with Crippen LogP contribution in [-0.2, 0) is 0 Å². The molecule has 3 saturated carbocycles. The van der Waals surface area contributed by atoms with Crippen LogP contribution >= 0.6 is 0 Å². The Kier molecular flexibility index (Phi) is 11.1. The molecule has 3 aromatic carbocycles. The van der Waals surface area contributed by atoms with E-state index in [0.29, 0.717) is 33.4 Å². The predicted molar refractivity (Wildman–Crippen MR) is 208 cm³/mol. The van der Waals surface area contributed by atoms with Gasteiger partial charge in [-0.1, -0.05) is 56.7 Å². The van der Waals surface area contributed by atoms with Crippen LogP contribution in [-0.4, -0.2) is 88.9 Å². The maximum absolute atomic E-state index is 11.2. The zero-order chi connectivity index (χ0) is 35.0. The second kappa shape index (κ2) is 16.4. The highest BCUT2D eigenvalue weighted by Crippen LogP contribution is 2.30. The summed E-state index contributed by atoms with van der Waals surface area (Å²) >= 11 is 0. The van der Waals surface area contributed by atoms with E-state index in [9.17, 15) is 15.3 Å². The zero-order valence-corrected chi connectivity index (χ0v) is 29.1. The first kappa shape index (κ1) is 34.5. The van der Waals surface area contributed by atoms with Gasteiger partial charge in [0.2, 0.25) is 0 Å². The van der Waals surface area contributed by atoms with Gasteiger partial charge >= 0.3 is 0 Å². The minimum absolute atomic E-state index is 0.0227. The molecule has 9 nitrogen and oxygen atoms in total. The van der Waals surface area contributed by atoms with Gasteiger partial charge in [-0.2, -0.15) is 0 Å². The molecular formula is C42H48N6O3. The van der Waals surface area contributed by atoms with E-state index in [1.54, 1.807) is 37.3 Å². The molecule has 0 radical (unpaired) electrons. The molecule has 3 aromatic rings. The lowest BCUT2D eigenvalue weighted by Crippen LogP contribution is -2.27. The van der Waals surface area contributed by atoms with Crippen LogP contribution in [0.3, 0.4) is 0 Å². The Labute approximate surface area is 300 Å². The molecular weight excluding hydrogens is 637 g/mol. The van der Waals surface area contributed by atoms with Crippen LogP contribution in [0.5, 0.6) is 17.2 Å². The van der Waals surface area contributed by atoms with E-state index in [1.165, 1.54) is 0 Å². The largest absolute Gasteiger partial charge is 0.507 e. The SMILES string of the molecule is Oc1c2cccc1C=N[C@H]1CCCC[C@@H]1N=Cc1cccc(c1O)C=N[C@H]1CCCC[C@@H]1N=Cc1cccc(c1O)C=N[C@H]1CCCC[C@@H]1N=C2. The van der Waals surface area contributed by atoms with Gasteiger partial charge in [0.05, 0.1) is 36.3 Å². The molecule has 3 N–H and O–H groups in total. The van der Waals surface area contributed by atoms with E-state index in [4.69, 9.17) is 30.0 Å². The van der Waals surface area contributed by atoms with E-state index in [-0.39, 0.29) is 53.5 Å². The molecule has 0 aromatic heterocycles. The number of nitrogens with zero attached hydrogens (tertiary/aromatic N) is 6. The van der Waals surface area contributed by atoms with Crippen LogP contribution in [0.1, 0.15) is 110 Å². The lowest BCUT2D eigenvalue weighted by molar-refractivity contribution is 0.389. The maximum Gasteiger partial charge on any atom is 0.133 e. The standard InChI is InChI=1S/C42H48N6O3/c49-40-28-10-7-12-30(40)24-45-36-18-3-4-19-37(36)47-26-32-14-9-15-33(42(32)51)27-48-39-21-6-5-20-38(39)46-25-31-13-8-11-29(41(31)50)23-44-35-17-2-1-16-34(35)43-22-28/h7-15,22-27,34-39,49-51H,1-6,16-21H2/t34-,35-,36-,37-,38-,39-/m0/s1. The molecule has 1 heterocycles. The second-order valence-corrected chi connectivity index (χ2v) is 14.3. The lowest BCUT2D eigenvalue weighted by Gasteiger charge is -2.25. The molecule has 1 aliphatic heterocycles. The molecule has 7 rings (SSSR count). The molecule has 264 valence electrons. The van der Waals surface area contributed by atoms with Crippen LogP contribution < -0.4 is 0 Å². The lowest BCUT2D eigenvalue weighted by atomic mass is 9.91. The van der Waals surface area contributed by atoms with Gasteiger partial charge in [-0.25, -0.2) is 0 Å². The molecule has 3 fully saturated rings. The summed E-state index contributed by atoms with van der Waals surface area (Å²) in [4.78, 5) is 29.6. The second-order valence-electron chi connectivity index (χ2n) is 14.3. The summed E-state index contributed by atoms with van der Waals surface area (Å²) in [6, 6.07) is 16.8. The van der Waals surface area contributed by atoms with Crippen molar-refractivity contribution in [2.75, 3.05) is 0 Å². The van der Waals surface area contributed by atoms with E-state index >= 15 is 0 Å². The first-order valence-corrected chi connectivity index (χ1v) is 18.7. The van der Waals surface area contributed by atoms with E-state index in [2.05, 4.69) is 0 Å². The van der Waals surface area contributed by atoms with Gasteiger partial charge in [-0.3, -0.25) is 30.0 Å². The number of fused-ring (bicyclic) bond motifs is 9. The maximum atomic E-state index is 11.2. The third kappa shape index (κ3) is 8.35. The predicted octanol–water partition coefficient (Wildman–Crippen LogP) is 7.66. The quantitative estimate of drug-likeness (QED) is 0.224. The average molecular weight is 685 g/mol. The Morgan fingerprint density at radius 1 is 0.314 bits per heavy atom. The number of hydrogen-bond donors (Lipinski definition) is 3. The average Bonchev–Trinajstić information content (AvgIpc) is 3.16. The van der Waals surface area contributed by atoms with Crippen LogP contribution in [0.4, 0.5) is 0 Å². The minimum Gasteiger partial charge on any atom is -0.507 e. The number of aliphatic imine (C=N–C) groups is 6. The Morgan fingerprint density at radius 3 is 0.667 bits per heavy atom. The van der Waals surface area contributed by atoms with Crippen LogP contribution in [0, 0.1) is 0 Å². The summed E-state index contributed by atoms with van der Waals surface area (Å²) in [6.07, 6.45) is 22.5. The van der Waals surface area contributed by atoms with Crippen molar-refractivity contribution < 1.29 is 15.3 Å². The van der Waals surface area contributed by atoms with E-state index in [0.717, 1.165) is 77.0 Å². The number of phenolic OH excluding ortho intramolecular Hbond substituents is 3. The first-order valence-electron chi connectivity index (χ1n) is 18.7. The Hall–Kier alpha value is -4.92. The molecule has 6 bridgehead atoms. The van der Waals surface area contributed by atoms with Gasteiger partial charge in [-0.05, 0) is 74.9 Å². The van der Waals surface area contributed by atoms with Gasteiger partial charge in [0.1, 0.15) is 17.2 Å². The fourth-order valence-corrected chi connectivity index (χ4v) is 7.74. The van der Waals surface area contributed by atoms with Gasteiger partial charge in [0.25, 0.3) is 0 Å². The normalized spacial score (nSPS) is 26.8. The highest BCUT2D eigenvalue weighted by Gasteiger charge is 2.26. The number of phenols is 3. The van der Waals surface area contributed by atoms with Crippen molar-refractivity contribution in [3.63, 3.8) is 0 Å². The van der Waals surface area contributed by atoms with Crippen LogP contribution in [0.2, 0.25) is 0 Å². The minimum atomic E-state index is -0.0227. The van der Waals surface area contributed by atoms with Gasteiger partial charge < -0.3 is 15.3 Å². The highest BCUT2D eigenvalue weighted by molar-refractivity contribution is 5.94. The van der Waals surface area contributed by atoms with E-state index < -0.39 is 0 Å². The summed E-state index contributed by atoms with van der Waals surface area (Å²) < 4.78 is 0. The topological polar surface area (TPSA) is 135 Å². The number of hydrogen-bond acceptors (Lipinski definition) is 9. The van der Waals surface area contributed by atoms with Crippen molar-refractivity contribution in [3.05, 3.63) is 88.0 Å². The summed E-state index contributed by atoms with van der Waals surface area (Å²) in [5.41, 5.74) is 3.87. The third-order valence-electron chi connectivity index (χ3n) is 10.8. The Morgan fingerprint density at radius 2 is 0.490 bits per heavy atom.